The van der Waals surface area contributed by atoms with Crippen molar-refractivity contribution in [2.75, 3.05) is 7.11 Å². The Morgan fingerprint density at radius 3 is 2.44 bits per heavy atom. The van der Waals surface area contributed by atoms with E-state index in [4.69, 9.17) is 17.3 Å². The molecule has 0 heterocycles. The van der Waals surface area contributed by atoms with Gasteiger partial charge in [0.1, 0.15) is 5.82 Å². The van der Waals surface area contributed by atoms with Crippen molar-refractivity contribution in [3.05, 3.63) is 34.6 Å². The molecule has 1 aromatic carbocycles. The normalized spacial score (nSPS) is 12.6. The lowest BCUT2D eigenvalue weighted by Gasteiger charge is -2.29. The summed E-state index contributed by atoms with van der Waals surface area (Å²) in [5.74, 6) is -0.936. The molecular weight excluding hydrogens is 280 g/mol. The smallest absolute Gasteiger partial charge is 0.313 e. The van der Waals surface area contributed by atoms with Gasteiger partial charge in [-0.2, -0.15) is 0 Å². The van der Waals surface area contributed by atoms with Crippen molar-refractivity contribution in [3.63, 3.8) is 0 Å². The Bertz CT molecular complexity index is 418. The molecule has 0 spiro atoms. The molecule has 0 amide bonds. The predicted octanol–water partition coefficient (Wildman–Crippen LogP) is 3.10. The summed E-state index contributed by atoms with van der Waals surface area (Å²) in [5, 5.41) is 0.246. The van der Waals surface area contributed by atoms with E-state index in [2.05, 4.69) is 4.74 Å². The molecule has 0 unspecified atom stereocenters. The van der Waals surface area contributed by atoms with Gasteiger partial charge in [0.2, 0.25) is 0 Å². The van der Waals surface area contributed by atoms with Crippen LogP contribution in [0.25, 0.3) is 0 Å². The first kappa shape index (κ1) is 17.2. The number of hydrogen-bond acceptors (Lipinski definition) is 3. The summed E-state index contributed by atoms with van der Waals surface area (Å²) >= 11 is 5.75. The van der Waals surface area contributed by atoms with Crippen LogP contribution in [-0.4, -0.2) is 13.1 Å². The summed E-state index contributed by atoms with van der Waals surface area (Å²) in [4.78, 5) is 11.6. The maximum atomic E-state index is 13.2. The Labute approximate surface area is 117 Å². The van der Waals surface area contributed by atoms with Crippen LogP contribution in [0.5, 0.6) is 0 Å². The van der Waals surface area contributed by atoms with Crippen molar-refractivity contribution in [1.29, 1.82) is 0 Å². The second kappa shape index (κ2) is 6.36. The number of halogens is 3. The van der Waals surface area contributed by atoms with Crippen molar-refractivity contribution < 1.29 is 13.9 Å². The van der Waals surface area contributed by atoms with Gasteiger partial charge in [0.05, 0.1) is 12.5 Å². The van der Waals surface area contributed by atoms with Crippen LogP contribution in [0.3, 0.4) is 0 Å². The van der Waals surface area contributed by atoms with Gasteiger partial charge < -0.3 is 10.5 Å². The van der Waals surface area contributed by atoms with E-state index in [-0.39, 0.29) is 17.4 Å². The van der Waals surface area contributed by atoms with E-state index in [1.54, 1.807) is 19.9 Å². The first-order valence-corrected chi connectivity index (χ1v) is 5.47. The number of methoxy groups -OCH3 is 1. The molecule has 18 heavy (non-hydrogen) atoms. The average Bonchev–Trinajstić information content (AvgIpc) is 2.25. The molecule has 0 saturated carbocycles. The second-order valence-electron chi connectivity index (χ2n) is 4.39. The topological polar surface area (TPSA) is 52.3 Å². The van der Waals surface area contributed by atoms with Gasteiger partial charge in [0, 0.05) is 11.1 Å². The van der Waals surface area contributed by atoms with E-state index in [0.717, 1.165) is 0 Å². The third-order valence-electron chi connectivity index (χ3n) is 2.73. The largest absolute Gasteiger partial charge is 0.469 e. The fourth-order valence-corrected chi connectivity index (χ4v) is 1.79. The van der Waals surface area contributed by atoms with Gasteiger partial charge in [0.25, 0.3) is 0 Å². The van der Waals surface area contributed by atoms with E-state index in [1.165, 1.54) is 19.2 Å². The van der Waals surface area contributed by atoms with Gasteiger partial charge in [-0.3, -0.25) is 4.79 Å². The molecule has 0 aromatic heterocycles. The molecule has 0 fully saturated rings. The van der Waals surface area contributed by atoms with Gasteiger partial charge in [-0.05, 0) is 37.6 Å². The highest BCUT2D eigenvalue weighted by atomic mass is 35.5. The maximum Gasteiger partial charge on any atom is 0.313 e. The van der Waals surface area contributed by atoms with E-state index in [0.29, 0.717) is 5.56 Å². The molecule has 102 valence electrons. The molecule has 1 aromatic rings. The fraction of sp³-hybridized carbons (Fsp3) is 0.417. The van der Waals surface area contributed by atoms with Crippen molar-refractivity contribution in [2.24, 2.45) is 11.1 Å². The summed E-state index contributed by atoms with van der Waals surface area (Å²) in [6, 6.07) is 3.30. The van der Waals surface area contributed by atoms with Crippen molar-refractivity contribution in [2.45, 2.75) is 19.9 Å². The van der Waals surface area contributed by atoms with Gasteiger partial charge in [-0.25, -0.2) is 4.39 Å². The molecule has 2 N–H and O–H groups in total. The number of carbonyl (C=O) groups excluding carboxylic acids is 1. The fourth-order valence-electron chi connectivity index (χ4n) is 1.56. The molecule has 0 aliphatic heterocycles. The first-order valence-electron chi connectivity index (χ1n) is 5.09. The van der Waals surface area contributed by atoms with Crippen LogP contribution in [-0.2, 0) is 9.53 Å². The van der Waals surface area contributed by atoms with E-state index in [1.807, 2.05) is 0 Å². The van der Waals surface area contributed by atoms with Crippen LogP contribution in [0.4, 0.5) is 4.39 Å². The van der Waals surface area contributed by atoms with Crippen LogP contribution in [0.2, 0.25) is 5.02 Å². The van der Waals surface area contributed by atoms with Gasteiger partial charge in [0.15, 0.2) is 0 Å². The zero-order valence-corrected chi connectivity index (χ0v) is 11.9. The monoisotopic (exact) mass is 295 g/mol. The summed E-state index contributed by atoms with van der Waals surface area (Å²) in [6.45, 7) is 3.28. The highest BCUT2D eigenvalue weighted by Crippen LogP contribution is 2.33. The molecule has 3 nitrogen and oxygen atoms in total. The highest BCUT2D eigenvalue weighted by molar-refractivity contribution is 6.30. The number of carbonyl (C=O) groups is 1. The Morgan fingerprint density at radius 2 is 2.00 bits per heavy atom. The van der Waals surface area contributed by atoms with Crippen LogP contribution < -0.4 is 5.73 Å². The van der Waals surface area contributed by atoms with Gasteiger partial charge >= 0.3 is 5.97 Å². The van der Waals surface area contributed by atoms with Crippen LogP contribution >= 0.6 is 24.0 Å². The predicted molar refractivity (Wildman–Crippen MR) is 71.4 cm³/mol. The zero-order chi connectivity index (χ0) is 13.2. The molecule has 1 atom stereocenters. The Balaban J connectivity index is 0.00000289. The molecule has 0 aliphatic carbocycles. The first-order chi connectivity index (χ1) is 7.78. The van der Waals surface area contributed by atoms with E-state index in [9.17, 15) is 9.18 Å². The van der Waals surface area contributed by atoms with Crippen LogP contribution in [0, 0.1) is 11.2 Å². The van der Waals surface area contributed by atoms with Gasteiger partial charge in [-0.1, -0.05) is 11.6 Å². The molecule has 0 saturated heterocycles. The minimum Gasteiger partial charge on any atom is -0.469 e. The van der Waals surface area contributed by atoms with Crippen LogP contribution in [0.15, 0.2) is 18.2 Å². The average molecular weight is 296 g/mol. The molecular formula is C12H16Cl2FNO2. The molecule has 0 radical (unpaired) electrons. The van der Waals surface area contributed by atoms with Crippen LogP contribution in [0.1, 0.15) is 25.5 Å². The summed E-state index contributed by atoms with van der Waals surface area (Å²) in [6.07, 6.45) is 0. The number of hydrogen-bond donors (Lipinski definition) is 1. The third-order valence-corrected chi connectivity index (χ3v) is 2.95. The molecule has 0 bridgehead atoms. The summed E-state index contributed by atoms with van der Waals surface area (Å²) in [7, 11) is 1.29. The lowest BCUT2D eigenvalue weighted by Crippen LogP contribution is -2.37. The zero-order valence-electron chi connectivity index (χ0n) is 10.4. The third kappa shape index (κ3) is 3.57. The quantitative estimate of drug-likeness (QED) is 0.872. The number of nitrogens with two attached hydrogens (primary N) is 1. The standard InChI is InChI=1S/C12H15ClFNO2.ClH/c1-12(2,11(16)17-3)10(15)7-4-8(13)6-9(14)5-7;/h4-6,10H,15H2,1-3H3;1H/t10-;/m0./s1. The second-order valence-corrected chi connectivity index (χ2v) is 4.83. The van der Waals surface area contributed by atoms with E-state index < -0.39 is 23.2 Å². The van der Waals surface area contributed by atoms with Crippen molar-refractivity contribution in [1.82, 2.24) is 0 Å². The maximum absolute atomic E-state index is 13.2. The molecule has 6 heteroatoms. The highest BCUT2D eigenvalue weighted by Gasteiger charge is 2.36. The molecule has 0 aliphatic rings. The number of benzene rings is 1. The molecule has 1 rings (SSSR count). The summed E-state index contributed by atoms with van der Waals surface area (Å²) < 4.78 is 17.9. The Hall–Kier alpha value is -0.840. The van der Waals surface area contributed by atoms with Crippen molar-refractivity contribution in [3.8, 4) is 0 Å². The Morgan fingerprint density at radius 1 is 1.44 bits per heavy atom. The minimum atomic E-state index is -0.953. The summed E-state index contributed by atoms with van der Waals surface area (Å²) in [5.41, 5.74) is 5.47. The number of rotatable bonds is 3. The number of ether oxygens (including phenoxy) is 1. The SMILES string of the molecule is COC(=O)C(C)(C)[C@@H](N)c1cc(F)cc(Cl)c1.Cl. The number of esters is 1. The lowest BCUT2D eigenvalue weighted by atomic mass is 9.81. The van der Waals surface area contributed by atoms with E-state index >= 15 is 0 Å². The lowest BCUT2D eigenvalue weighted by molar-refractivity contribution is -0.152. The van der Waals surface area contributed by atoms with Crippen molar-refractivity contribution >= 4 is 30.0 Å². The van der Waals surface area contributed by atoms with Gasteiger partial charge in [-0.15, -0.1) is 12.4 Å². The Kier molecular flexibility index (Phi) is 6.07. The minimum absolute atomic E-state index is 0.